The highest BCUT2D eigenvalue weighted by Gasteiger charge is 2.57. The lowest BCUT2D eigenvalue weighted by Gasteiger charge is -2.38. The van der Waals surface area contributed by atoms with E-state index in [1.807, 2.05) is 0 Å². The molecule has 0 spiro atoms. The van der Waals surface area contributed by atoms with Crippen LogP contribution in [0.15, 0.2) is 12.7 Å². The molecule has 0 aliphatic carbocycles. The summed E-state index contributed by atoms with van der Waals surface area (Å²) in [6.07, 6.45) is 0.845. The van der Waals surface area contributed by atoms with Crippen molar-refractivity contribution >= 4 is 5.97 Å². The van der Waals surface area contributed by atoms with E-state index in [2.05, 4.69) is 11.9 Å². The number of allylic oxidation sites excluding steroid dienone is 1. The van der Waals surface area contributed by atoms with Crippen LogP contribution in [-0.2, 0) is 4.79 Å². The van der Waals surface area contributed by atoms with Gasteiger partial charge in [-0.25, -0.2) is 8.78 Å². The number of rotatable bonds is 3. The third kappa shape index (κ3) is 1.52. The van der Waals surface area contributed by atoms with Gasteiger partial charge in [0.2, 0.25) is 0 Å². The number of hydrogen-bond acceptors (Lipinski definition) is 2. The lowest BCUT2D eigenvalue weighted by atomic mass is 9.75. The standard InChI is InChI=1S/C9H13F2NO2/c1-2-9(10,11)8(7(13)14)4-3-5-12-6-8/h2,12H,1,3-6H2,(H,13,14). The molecule has 1 atom stereocenters. The Hall–Kier alpha value is -0.970. The van der Waals surface area contributed by atoms with Crippen LogP contribution in [0.2, 0.25) is 0 Å². The van der Waals surface area contributed by atoms with Crippen molar-refractivity contribution in [2.75, 3.05) is 13.1 Å². The van der Waals surface area contributed by atoms with E-state index in [0.29, 0.717) is 19.0 Å². The minimum Gasteiger partial charge on any atom is -0.481 e. The van der Waals surface area contributed by atoms with E-state index >= 15 is 0 Å². The van der Waals surface area contributed by atoms with Crippen LogP contribution in [0.25, 0.3) is 0 Å². The molecule has 0 aromatic carbocycles. The van der Waals surface area contributed by atoms with E-state index in [4.69, 9.17) is 5.11 Å². The second-order valence-corrected chi connectivity index (χ2v) is 3.49. The normalized spacial score (nSPS) is 28.4. The zero-order valence-electron chi connectivity index (χ0n) is 7.72. The second kappa shape index (κ2) is 3.65. The number of hydrogen-bond donors (Lipinski definition) is 2. The highest BCUT2D eigenvalue weighted by atomic mass is 19.3. The number of piperidine rings is 1. The Bertz CT molecular complexity index is 247. The van der Waals surface area contributed by atoms with Gasteiger partial charge in [0.05, 0.1) is 0 Å². The molecule has 0 amide bonds. The molecule has 14 heavy (non-hydrogen) atoms. The molecule has 1 fully saturated rings. The van der Waals surface area contributed by atoms with Crippen molar-refractivity contribution in [2.45, 2.75) is 18.8 Å². The molecule has 3 nitrogen and oxygen atoms in total. The molecular weight excluding hydrogens is 192 g/mol. The molecule has 0 bridgehead atoms. The molecule has 0 radical (unpaired) electrons. The van der Waals surface area contributed by atoms with Crippen LogP contribution < -0.4 is 5.32 Å². The Kier molecular flexibility index (Phi) is 2.89. The van der Waals surface area contributed by atoms with Crippen molar-refractivity contribution in [3.63, 3.8) is 0 Å². The van der Waals surface area contributed by atoms with Crippen molar-refractivity contribution in [1.29, 1.82) is 0 Å². The summed E-state index contributed by atoms with van der Waals surface area (Å²) in [6.45, 7) is 3.37. The first-order valence-corrected chi connectivity index (χ1v) is 4.42. The van der Waals surface area contributed by atoms with Crippen LogP contribution in [0.5, 0.6) is 0 Å². The Labute approximate surface area is 80.8 Å². The number of aliphatic carboxylic acids is 1. The number of alkyl halides is 2. The minimum atomic E-state index is -3.37. The number of carboxylic acid groups (broad SMARTS) is 1. The van der Waals surface area contributed by atoms with Crippen molar-refractivity contribution in [2.24, 2.45) is 5.41 Å². The average Bonchev–Trinajstić information content (AvgIpc) is 2.18. The summed E-state index contributed by atoms with van der Waals surface area (Å²) in [5.41, 5.74) is -2.02. The first-order chi connectivity index (χ1) is 6.46. The van der Waals surface area contributed by atoms with Gasteiger partial charge in [0.25, 0.3) is 5.92 Å². The molecule has 1 rings (SSSR count). The Balaban J connectivity index is 3.02. The van der Waals surface area contributed by atoms with Gasteiger partial charge in [-0.15, -0.1) is 0 Å². The zero-order valence-corrected chi connectivity index (χ0v) is 7.72. The molecule has 1 aliphatic rings. The summed E-state index contributed by atoms with van der Waals surface area (Å²) >= 11 is 0. The van der Waals surface area contributed by atoms with E-state index in [-0.39, 0.29) is 13.0 Å². The Morgan fingerprint density at radius 1 is 1.64 bits per heavy atom. The van der Waals surface area contributed by atoms with E-state index < -0.39 is 17.3 Å². The molecular formula is C9H13F2NO2. The van der Waals surface area contributed by atoms with E-state index in [0.717, 1.165) is 0 Å². The zero-order chi connectivity index (χ0) is 10.8. The van der Waals surface area contributed by atoms with E-state index in [9.17, 15) is 13.6 Å². The number of carbonyl (C=O) groups is 1. The van der Waals surface area contributed by atoms with Gasteiger partial charge in [-0.1, -0.05) is 6.58 Å². The van der Waals surface area contributed by atoms with Gasteiger partial charge >= 0.3 is 5.97 Å². The van der Waals surface area contributed by atoms with E-state index in [1.165, 1.54) is 0 Å². The predicted octanol–water partition coefficient (Wildman–Crippen LogP) is 1.26. The van der Waals surface area contributed by atoms with Crippen LogP contribution >= 0.6 is 0 Å². The molecule has 0 aromatic rings. The molecule has 1 heterocycles. The topological polar surface area (TPSA) is 49.3 Å². The summed E-state index contributed by atoms with van der Waals surface area (Å²) in [5, 5.41) is 11.6. The first kappa shape index (κ1) is 11.1. The van der Waals surface area contributed by atoms with Gasteiger partial charge in [-0.3, -0.25) is 4.79 Å². The maximum atomic E-state index is 13.4. The average molecular weight is 205 g/mol. The number of carboxylic acids is 1. The third-order valence-corrected chi connectivity index (χ3v) is 2.69. The van der Waals surface area contributed by atoms with Gasteiger partial charge < -0.3 is 10.4 Å². The van der Waals surface area contributed by atoms with Gasteiger partial charge in [0.1, 0.15) is 5.41 Å². The molecule has 1 aliphatic heterocycles. The fourth-order valence-corrected chi connectivity index (χ4v) is 1.71. The third-order valence-electron chi connectivity index (χ3n) is 2.69. The summed E-state index contributed by atoms with van der Waals surface area (Å²) in [6, 6.07) is 0. The highest BCUT2D eigenvalue weighted by Crippen LogP contribution is 2.42. The van der Waals surface area contributed by atoms with Crippen LogP contribution in [0, 0.1) is 5.41 Å². The van der Waals surface area contributed by atoms with Gasteiger partial charge in [-0.2, -0.15) is 0 Å². The Morgan fingerprint density at radius 3 is 2.64 bits per heavy atom. The highest BCUT2D eigenvalue weighted by molar-refractivity contribution is 5.77. The molecule has 80 valence electrons. The maximum Gasteiger partial charge on any atom is 0.317 e. The summed E-state index contributed by atoms with van der Waals surface area (Å²) in [4.78, 5) is 10.9. The molecule has 2 N–H and O–H groups in total. The van der Waals surface area contributed by atoms with Crippen molar-refractivity contribution < 1.29 is 18.7 Å². The minimum absolute atomic E-state index is 0.0195. The SMILES string of the molecule is C=CC(F)(F)C1(C(=O)O)CCCNC1. The van der Waals surface area contributed by atoms with Gasteiger partial charge in [-0.05, 0) is 25.5 Å². The fourth-order valence-electron chi connectivity index (χ4n) is 1.71. The van der Waals surface area contributed by atoms with Crippen LogP contribution in [0.1, 0.15) is 12.8 Å². The smallest absolute Gasteiger partial charge is 0.317 e. The van der Waals surface area contributed by atoms with Crippen LogP contribution in [0.4, 0.5) is 8.78 Å². The molecule has 0 aromatic heterocycles. The van der Waals surface area contributed by atoms with Gasteiger partial charge in [0.15, 0.2) is 0 Å². The number of nitrogens with one attached hydrogen (secondary N) is 1. The lowest BCUT2D eigenvalue weighted by molar-refractivity contribution is -0.172. The number of halogens is 2. The second-order valence-electron chi connectivity index (χ2n) is 3.49. The molecule has 5 heteroatoms. The quantitative estimate of drug-likeness (QED) is 0.682. The Morgan fingerprint density at radius 2 is 2.29 bits per heavy atom. The maximum absolute atomic E-state index is 13.4. The first-order valence-electron chi connectivity index (χ1n) is 4.42. The molecule has 1 unspecified atom stereocenters. The van der Waals surface area contributed by atoms with Crippen molar-refractivity contribution in [3.05, 3.63) is 12.7 Å². The largest absolute Gasteiger partial charge is 0.481 e. The lowest BCUT2D eigenvalue weighted by Crippen LogP contribution is -2.55. The molecule has 1 saturated heterocycles. The van der Waals surface area contributed by atoms with Crippen LogP contribution in [0.3, 0.4) is 0 Å². The van der Waals surface area contributed by atoms with Crippen molar-refractivity contribution in [1.82, 2.24) is 5.32 Å². The molecule has 0 saturated carbocycles. The van der Waals surface area contributed by atoms with E-state index in [1.54, 1.807) is 0 Å². The summed E-state index contributed by atoms with van der Waals surface area (Å²) < 4.78 is 26.8. The summed E-state index contributed by atoms with van der Waals surface area (Å²) in [5.74, 6) is -4.83. The van der Waals surface area contributed by atoms with Crippen LogP contribution in [-0.4, -0.2) is 30.1 Å². The predicted molar refractivity (Wildman–Crippen MR) is 47.3 cm³/mol. The fraction of sp³-hybridized carbons (Fsp3) is 0.667. The monoisotopic (exact) mass is 205 g/mol. The van der Waals surface area contributed by atoms with Gasteiger partial charge in [0, 0.05) is 6.54 Å². The summed E-state index contributed by atoms with van der Waals surface area (Å²) in [7, 11) is 0. The van der Waals surface area contributed by atoms with Crippen molar-refractivity contribution in [3.8, 4) is 0 Å².